The summed E-state index contributed by atoms with van der Waals surface area (Å²) >= 11 is 0. The zero-order valence-corrected chi connectivity index (χ0v) is 13.6. The van der Waals surface area contributed by atoms with Gasteiger partial charge in [0.2, 0.25) is 0 Å². The number of rotatable bonds is 7. The Morgan fingerprint density at radius 1 is 1.13 bits per heavy atom. The maximum atomic E-state index is 12.9. The maximum Gasteiger partial charge on any atom is 0.123 e. The van der Waals surface area contributed by atoms with Gasteiger partial charge in [0, 0.05) is 31.9 Å². The van der Waals surface area contributed by atoms with Gasteiger partial charge in [-0.05, 0) is 42.3 Å². The molecule has 2 rings (SSSR count). The first kappa shape index (κ1) is 17.0. The van der Waals surface area contributed by atoms with E-state index < -0.39 is 0 Å². The number of hydrogen-bond acceptors (Lipinski definition) is 3. The molecule has 0 saturated heterocycles. The van der Waals surface area contributed by atoms with Crippen LogP contribution in [0.5, 0.6) is 0 Å². The van der Waals surface area contributed by atoms with Gasteiger partial charge in [-0.1, -0.05) is 24.3 Å². The molecular weight excluding hydrogens is 289 g/mol. The summed E-state index contributed by atoms with van der Waals surface area (Å²) in [5, 5.41) is 12.1. The van der Waals surface area contributed by atoms with Crippen LogP contribution in [0.4, 0.5) is 10.1 Å². The monoisotopic (exact) mass is 311 g/mol. The van der Waals surface area contributed by atoms with Gasteiger partial charge in [-0.3, -0.25) is 0 Å². The molecule has 1 atom stereocenters. The second-order valence-corrected chi connectivity index (χ2v) is 5.65. The minimum atomic E-state index is -0.211. The van der Waals surface area contributed by atoms with E-state index in [-0.39, 0.29) is 11.9 Å². The Hall–Kier alpha value is -2.38. The minimum Gasteiger partial charge on any atom is -0.374 e. The Bertz CT molecular complexity index is 644. The molecule has 23 heavy (non-hydrogen) atoms. The van der Waals surface area contributed by atoms with E-state index in [2.05, 4.69) is 47.5 Å². The molecule has 0 spiro atoms. The number of nitriles is 1. The van der Waals surface area contributed by atoms with Crippen LogP contribution >= 0.6 is 0 Å². The molecule has 2 aromatic carbocycles. The lowest BCUT2D eigenvalue weighted by atomic mass is 10.1. The smallest absolute Gasteiger partial charge is 0.123 e. The molecule has 0 radical (unpaired) electrons. The molecule has 1 N–H and O–H groups in total. The maximum absolute atomic E-state index is 12.9. The van der Waals surface area contributed by atoms with Gasteiger partial charge in [-0.15, -0.1) is 0 Å². The summed E-state index contributed by atoms with van der Waals surface area (Å²) in [7, 11) is 1.99. The third kappa shape index (κ3) is 5.08. The highest BCUT2D eigenvalue weighted by Gasteiger charge is 2.05. The molecular formula is C19H22FN3. The van der Waals surface area contributed by atoms with Crippen LogP contribution in [-0.4, -0.2) is 13.6 Å². The third-order valence-corrected chi connectivity index (χ3v) is 3.92. The molecule has 2 aromatic rings. The molecule has 0 aliphatic rings. The van der Waals surface area contributed by atoms with Gasteiger partial charge in [0.05, 0.1) is 12.5 Å². The SMILES string of the molecule is CC(NCc1ccc(N(C)CCC#N)cc1)c1ccc(F)cc1. The predicted octanol–water partition coefficient (Wildman–Crippen LogP) is 4.03. The van der Waals surface area contributed by atoms with E-state index in [0.717, 1.165) is 24.3 Å². The van der Waals surface area contributed by atoms with Gasteiger partial charge in [-0.2, -0.15) is 5.26 Å². The molecule has 0 aliphatic carbocycles. The summed E-state index contributed by atoms with van der Waals surface area (Å²) in [6.45, 7) is 3.55. The first-order valence-electron chi connectivity index (χ1n) is 7.76. The Morgan fingerprint density at radius 3 is 2.39 bits per heavy atom. The number of anilines is 1. The number of benzene rings is 2. The lowest BCUT2D eigenvalue weighted by Crippen LogP contribution is -2.19. The second-order valence-electron chi connectivity index (χ2n) is 5.65. The lowest BCUT2D eigenvalue weighted by Gasteiger charge is -2.18. The summed E-state index contributed by atoms with van der Waals surface area (Å²) in [5.74, 6) is -0.211. The fourth-order valence-electron chi connectivity index (χ4n) is 2.36. The van der Waals surface area contributed by atoms with E-state index in [9.17, 15) is 4.39 Å². The summed E-state index contributed by atoms with van der Waals surface area (Å²) in [6, 6.07) is 17.2. The normalized spacial score (nSPS) is 11.7. The second kappa shape index (κ2) is 8.30. The quantitative estimate of drug-likeness (QED) is 0.839. The minimum absolute atomic E-state index is 0.161. The molecule has 0 saturated carbocycles. The molecule has 0 fully saturated rings. The van der Waals surface area contributed by atoms with Crippen LogP contribution in [0.2, 0.25) is 0 Å². The molecule has 3 nitrogen and oxygen atoms in total. The van der Waals surface area contributed by atoms with E-state index in [1.165, 1.54) is 17.7 Å². The van der Waals surface area contributed by atoms with Crippen LogP contribution in [0.1, 0.15) is 30.5 Å². The van der Waals surface area contributed by atoms with Crippen LogP contribution in [-0.2, 0) is 6.54 Å². The Kier molecular flexibility index (Phi) is 6.13. The van der Waals surface area contributed by atoms with Crippen molar-refractivity contribution in [2.45, 2.75) is 25.9 Å². The van der Waals surface area contributed by atoms with Crippen molar-refractivity contribution in [3.8, 4) is 6.07 Å². The van der Waals surface area contributed by atoms with E-state index in [4.69, 9.17) is 5.26 Å². The number of hydrogen-bond donors (Lipinski definition) is 1. The van der Waals surface area contributed by atoms with Crippen molar-refractivity contribution in [1.82, 2.24) is 5.32 Å². The molecule has 1 unspecified atom stereocenters. The fraction of sp³-hybridized carbons (Fsp3) is 0.316. The highest BCUT2D eigenvalue weighted by Crippen LogP contribution is 2.16. The first-order valence-corrected chi connectivity index (χ1v) is 7.76. The fourth-order valence-corrected chi connectivity index (χ4v) is 2.36. The summed E-state index contributed by atoms with van der Waals surface area (Å²) in [6.07, 6.45) is 0.523. The Labute approximate surface area is 137 Å². The molecule has 0 aliphatic heterocycles. The number of nitrogens with one attached hydrogen (secondary N) is 1. The van der Waals surface area contributed by atoms with Crippen molar-refractivity contribution in [3.63, 3.8) is 0 Å². The predicted molar refractivity (Wildman–Crippen MR) is 91.6 cm³/mol. The highest BCUT2D eigenvalue weighted by atomic mass is 19.1. The highest BCUT2D eigenvalue weighted by molar-refractivity contribution is 5.46. The van der Waals surface area contributed by atoms with Crippen molar-refractivity contribution in [3.05, 3.63) is 65.5 Å². The summed E-state index contributed by atoms with van der Waals surface area (Å²) < 4.78 is 12.9. The van der Waals surface area contributed by atoms with Crippen LogP contribution < -0.4 is 10.2 Å². The van der Waals surface area contributed by atoms with Crippen LogP contribution in [0.25, 0.3) is 0 Å². The van der Waals surface area contributed by atoms with Crippen LogP contribution in [0.15, 0.2) is 48.5 Å². The van der Waals surface area contributed by atoms with Gasteiger partial charge < -0.3 is 10.2 Å². The van der Waals surface area contributed by atoms with E-state index in [0.29, 0.717) is 6.42 Å². The summed E-state index contributed by atoms with van der Waals surface area (Å²) in [5.41, 5.74) is 3.37. The standard InChI is InChI=1S/C19H22FN3/c1-15(17-6-8-18(20)9-7-17)22-14-16-4-10-19(11-5-16)23(2)13-3-12-21/h4-11,15,22H,3,13-14H2,1-2H3. The lowest BCUT2D eigenvalue weighted by molar-refractivity contribution is 0.571. The number of nitrogens with zero attached hydrogens (tertiary/aromatic N) is 2. The van der Waals surface area contributed by atoms with Crippen molar-refractivity contribution >= 4 is 5.69 Å². The number of halogens is 1. The average Bonchev–Trinajstić information content (AvgIpc) is 2.58. The van der Waals surface area contributed by atoms with Crippen LogP contribution in [0.3, 0.4) is 0 Å². The molecule has 0 aromatic heterocycles. The molecule has 0 bridgehead atoms. The summed E-state index contributed by atoms with van der Waals surface area (Å²) in [4.78, 5) is 2.07. The van der Waals surface area contributed by atoms with Crippen molar-refractivity contribution in [1.29, 1.82) is 5.26 Å². The first-order chi connectivity index (χ1) is 11.1. The van der Waals surface area contributed by atoms with Gasteiger partial charge in [0.15, 0.2) is 0 Å². The molecule has 4 heteroatoms. The van der Waals surface area contributed by atoms with Crippen molar-refractivity contribution in [2.24, 2.45) is 0 Å². The van der Waals surface area contributed by atoms with Gasteiger partial charge in [0.25, 0.3) is 0 Å². The van der Waals surface area contributed by atoms with Gasteiger partial charge >= 0.3 is 0 Å². The third-order valence-electron chi connectivity index (χ3n) is 3.92. The Balaban J connectivity index is 1.88. The molecule has 120 valence electrons. The topological polar surface area (TPSA) is 39.1 Å². The van der Waals surface area contributed by atoms with E-state index in [1.54, 1.807) is 12.1 Å². The van der Waals surface area contributed by atoms with Crippen molar-refractivity contribution in [2.75, 3.05) is 18.5 Å². The molecule has 0 amide bonds. The van der Waals surface area contributed by atoms with Crippen LogP contribution in [0, 0.1) is 17.1 Å². The van der Waals surface area contributed by atoms with Gasteiger partial charge in [-0.25, -0.2) is 4.39 Å². The molecule has 0 heterocycles. The Morgan fingerprint density at radius 2 is 1.78 bits per heavy atom. The van der Waals surface area contributed by atoms with E-state index >= 15 is 0 Å². The average molecular weight is 311 g/mol. The zero-order valence-electron chi connectivity index (χ0n) is 13.6. The van der Waals surface area contributed by atoms with E-state index in [1.807, 2.05) is 7.05 Å². The van der Waals surface area contributed by atoms with Crippen molar-refractivity contribution < 1.29 is 4.39 Å². The zero-order chi connectivity index (χ0) is 16.7. The van der Waals surface area contributed by atoms with Gasteiger partial charge in [0.1, 0.15) is 5.82 Å². The largest absolute Gasteiger partial charge is 0.374 e.